The number of aromatic nitrogens is 2. The Bertz CT molecular complexity index is 365. The molecule has 19 heavy (non-hydrogen) atoms. The van der Waals surface area contributed by atoms with Crippen molar-refractivity contribution in [2.75, 3.05) is 17.7 Å². The maximum Gasteiger partial charge on any atom is 0.134 e. The van der Waals surface area contributed by atoms with E-state index in [-0.39, 0.29) is 0 Å². The molecule has 2 N–H and O–H groups in total. The standard InChI is InChI=1S/C15H28N4/c1-5-8-10-12(9-6-2)19-15-13(7-3)14(16-4)17-11-18-15/h11-12H,5-10H2,1-4H3,(H2,16,17,18,19). The molecule has 0 radical (unpaired) electrons. The van der Waals surface area contributed by atoms with Gasteiger partial charge in [-0.25, -0.2) is 9.97 Å². The summed E-state index contributed by atoms with van der Waals surface area (Å²) >= 11 is 0. The summed E-state index contributed by atoms with van der Waals surface area (Å²) in [6.45, 7) is 6.62. The lowest BCUT2D eigenvalue weighted by molar-refractivity contribution is 0.562. The zero-order valence-corrected chi connectivity index (χ0v) is 12.8. The highest BCUT2D eigenvalue weighted by Gasteiger charge is 2.13. The van der Waals surface area contributed by atoms with Crippen LogP contribution in [-0.2, 0) is 6.42 Å². The predicted molar refractivity (Wildman–Crippen MR) is 82.8 cm³/mol. The molecule has 0 amide bonds. The zero-order valence-electron chi connectivity index (χ0n) is 12.8. The molecule has 1 rings (SSSR count). The smallest absolute Gasteiger partial charge is 0.134 e. The van der Waals surface area contributed by atoms with E-state index in [1.807, 2.05) is 7.05 Å². The minimum absolute atomic E-state index is 0.523. The van der Waals surface area contributed by atoms with Gasteiger partial charge in [0.05, 0.1) is 0 Å². The summed E-state index contributed by atoms with van der Waals surface area (Å²) in [6.07, 6.45) is 8.69. The van der Waals surface area contributed by atoms with Gasteiger partial charge in [0.2, 0.25) is 0 Å². The van der Waals surface area contributed by atoms with Crippen LogP contribution in [0.15, 0.2) is 6.33 Å². The molecule has 1 unspecified atom stereocenters. The predicted octanol–water partition coefficient (Wildman–Crippen LogP) is 3.85. The van der Waals surface area contributed by atoms with E-state index in [2.05, 4.69) is 41.4 Å². The highest BCUT2D eigenvalue weighted by molar-refractivity contribution is 5.57. The van der Waals surface area contributed by atoms with Crippen molar-refractivity contribution in [3.8, 4) is 0 Å². The Labute approximate surface area is 117 Å². The van der Waals surface area contributed by atoms with Gasteiger partial charge in [-0.1, -0.05) is 40.0 Å². The molecule has 4 nitrogen and oxygen atoms in total. The van der Waals surface area contributed by atoms with E-state index in [0.29, 0.717) is 6.04 Å². The Balaban J connectivity index is 2.82. The molecule has 0 aliphatic carbocycles. The van der Waals surface area contributed by atoms with Gasteiger partial charge in [-0.05, 0) is 19.3 Å². The van der Waals surface area contributed by atoms with Crippen LogP contribution in [0.1, 0.15) is 58.4 Å². The third-order valence-corrected chi connectivity index (χ3v) is 3.42. The molecule has 1 aromatic rings. The molecule has 1 heterocycles. The highest BCUT2D eigenvalue weighted by Crippen LogP contribution is 2.22. The fourth-order valence-corrected chi connectivity index (χ4v) is 2.37. The van der Waals surface area contributed by atoms with Gasteiger partial charge in [-0.2, -0.15) is 0 Å². The van der Waals surface area contributed by atoms with Crippen molar-refractivity contribution >= 4 is 11.6 Å². The monoisotopic (exact) mass is 264 g/mol. The topological polar surface area (TPSA) is 49.8 Å². The molecule has 0 aliphatic heterocycles. The summed E-state index contributed by atoms with van der Waals surface area (Å²) in [5, 5.41) is 6.76. The van der Waals surface area contributed by atoms with Crippen LogP contribution in [0, 0.1) is 0 Å². The van der Waals surface area contributed by atoms with Crippen molar-refractivity contribution in [3.63, 3.8) is 0 Å². The first-order valence-electron chi connectivity index (χ1n) is 7.54. The molecular weight excluding hydrogens is 236 g/mol. The maximum atomic E-state index is 4.43. The van der Waals surface area contributed by atoms with Crippen molar-refractivity contribution in [3.05, 3.63) is 11.9 Å². The Morgan fingerprint density at radius 3 is 2.37 bits per heavy atom. The molecule has 0 saturated carbocycles. The number of nitrogens with one attached hydrogen (secondary N) is 2. The number of unbranched alkanes of at least 4 members (excludes halogenated alkanes) is 1. The maximum absolute atomic E-state index is 4.43. The quantitative estimate of drug-likeness (QED) is 0.711. The Hall–Kier alpha value is -1.32. The van der Waals surface area contributed by atoms with Gasteiger partial charge >= 0.3 is 0 Å². The summed E-state index contributed by atoms with van der Waals surface area (Å²) in [5.41, 5.74) is 1.18. The Kier molecular flexibility index (Phi) is 7.23. The SMILES string of the molecule is CCCCC(CCC)Nc1ncnc(NC)c1CC. The van der Waals surface area contributed by atoms with Gasteiger partial charge in [0.25, 0.3) is 0 Å². The second-order valence-electron chi connectivity index (χ2n) is 4.93. The lowest BCUT2D eigenvalue weighted by Gasteiger charge is -2.21. The van der Waals surface area contributed by atoms with Crippen LogP contribution in [0.25, 0.3) is 0 Å². The minimum Gasteiger partial charge on any atom is -0.373 e. The fraction of sp³-hybridized carbons (Fsp3) is 0.733. The van der Waals surface area contributed by atoms with Crippen LogP contribution in [0.4, 0.5) is 11.6 Å². The van der Waals surface area contributed by atoms with E-state index in [1.54, 1.807) is 6.33 Å². The normalized spacial score (nSPS) is 12.2. The van der Waals surface area contributed by atoms with Crippen LogP contribution >= 0.6 is 0 Å². The van der Waals surface area contributed by atoms with Crippen molar-refractivity contribution in [1.82, 2.24) is 9.97 Å². The van der Waals surface area contributed by atoms with Gasteiger partial charge in [-0.15, -0.1) is 0 Å². The summed E-state index contributed by atoms with van der Waals surface area (Å²) in [6, 6.07) is 0.523. The molecule has 108 valence electrons. The minimum atomic E-state index is 0.523. The van der Waals surface area contributed by atoms with E-state index in [1.165, 1.54) is 37.7 Å². The Morgan fingerprint density at radius 1 is 1.05 bits per heavy atom. The van der Waals surface area contributed by atoms with Gasteiger partial charge in [-0.3, -0.25) is 0 Å². The number of hydrogen-bond donors (Lipinski definition) is 2. The first-order chi connectivity index (χ1) is 9.26. The van der Waals surface area contributed by atoms with E-state index in [4.69, 9.17) is 0 Å². The zero-order chi connectivity index (χ0) is 14.1. The first kappa shape index (κ1) is 15.7. The fourth-order valence-electron chi connectivity index (χ4n) is 2.37. The molecule has 0 spiro atoms. The second-order valence-corrected chi connectivity index (χ2v) is 4.93. The van der Waals surface area contributed by atoms with Gasteiger partial charge in [0.1, 0.15) is 18.0 Å². The average molecular weight is 264 g/mol. The molecule has 0 aromatic carbocycles. The highest BCUT2D eigenvalue weighted by atomic mass is 15.1. The molecule has 4 heteroatoms. The number of rotatable bonds is 9. The average Bonchev–Trinajstić information content (AvgIpc) is 2.44. The number of nitrogens with zero attached hydrogens (tertiary/aromatic N) is 2. The molecule has 0 bridgehead atoms. The second kappa shape index (κ2) is 8.73. The van der Waals surface area contributed by atoms with Crippen molar-refractivity contribution in [2.24, 2.45) is 0 Å². The van der Waals surface area contributed by atoms with Crippen molar-refractivity contribution in [2.45, 2.75) is 65.3 Å². The molecule has 1 aromatic heterocycles. The van der Waals surface area contributed by atoms with E-state index < -0.39 is 0 Å². The van der Waals surface area contributed by atoms with Crippen LogP contribution in [0.2, 0.25) is 0 Å². The largest absolute Gasteiger partial charge is 0.373 e. The summed E-state index contributed by atoms with van der Waals surface area (Å²) in [4.78, 5) is 8.71. The van der Waals surface area contributed by atoms with Gasteiger partial charge < -0.3 is 10.6 Å². The number of anilines is 2. The number of hydrogen-bond acceptors (Lipinski definition) is 4. The van der Waals surface area contributed by atoms with Crippen LogP contribution < -0.4 is 10.6 Å². The molecule has 0 saturated heterocycles. The van der Waals surface area contributed by atoms with E-state index >= 15 is 0 Å². The van der Waals surface area contributed by atoms with Crippen molar-refractivity contribution < 1.29 is 0 Å². The summed E-state index contributed by atoms with van der Waals surface area (Å²) in [7, 11) is 1.91. The van der Waals surface area contributed by atoms with E-state index in [0.717, 1.165) is 18.1 Å². The molecule has 0 fully saturated rings. The Morgan fingerprint density at radius 2 is 1.79 bits per heavy atom. The summed E-state index contributed by atoms with van der Waals surface area (Å²) in [5.74, 6) is 1.93. The van der Waals surface area contributed by atoms with Crippen molar-refractivity contribution in [1.29, 1.82) is 0 Å². The molecular formula is C15H28N4. The lowest BCUT2D eigenvalue weighted by atomic mass is 10.0. The third-order valence-electron chi connectivity index (χ3n) is 3.42. The molecule has 0 aliphatic rings. The lowest BCUT2D eigenvalue weighted by Crippen LogP contribution is -2.21. The molecule has 1 atom stereocenters. The van der Waals surface area contributed by atoms with Gasteiger partial charge in [0.15, 0.2) is 0 Å². The third kappa shape index (κ3) is 4.69. The summed E-state index contributed by atoms with van der Waals surface area (Å²) < 4.78 is 0. The van der Waals surface area contributed by atoms with Crippen LogP contribution in [0.5, 0.6) is 0 Å². The van der Waals surface area contributed by atoms with E-state index in [9.17, 15) is 0 Å². The van der Waals surface area contributed by atoms with Crippen LogP contribution in [0.3, 0.4) is 0 Å². The van der Waals surface area contributed by atoms with Crippen LogP contribution in [-0.4, -0.2) is 23.1 Å². The first-order valence-corrected chi connectivity index (χ1v) is 7.54. The van der Waals surface area contributed by atoms with Gasteiger partial charge in [0, 0.05) is 18.7 Å².